The summed E-state index contributed by atoms with van der Waals surface area (Å²) < 4.78 is 0. The van der Waals surface area contributed by atoms with Crippen LogP contribution in [0.15, 0.2) is 23.2 Å². The molecule has 0 amide bonds. The largest absolute Gasteiger partial charge is 0.508 e. The van der Waals surface area contributed by atoms with E-state index in [9.17, 15) is 10.2 Å². The smallest absolute Gasteiger partial charge is 0.147 e. The van der Waals surface area contributed by atoms with Gasteiger partial charge in [-0.05, 0) is 29.7 Å². The van der Waals surface area contributed by atoms with Crippen molar-refractivity contribution in [1.29, 1.82) is 0 Å². The van der Waals surface area contributed by atoms with E-state index in [1.54, 1.807) is 6.07 Å². The number of aliphatic imine (C=N–C) groups is 1. The summed E-state index contributed by atoms with van der Waals surface area (Å²) in [6.07, 6.45) is 0.766. The molecule has 0 radical (unpaired) electrons. The number of phenols is 1. The molecule has 1 rings (SSSR count). The van der Waals surface area contributed by atoms with Crippen molar-refractivity contribution in [2.45, 2.75) is 20.1 Å². The minimum Gasteiger partial charge on any atom is -0.508 e. The molecule has 0 fully saturated rings. The Morgan fingerprint density at radius 1 is 1.33 bits per heavy atom. The monoisotopic (exact) mass is 227 g/mol. The summed E-state index contributed by atoms with van der Waals surface area (Å²) in [5.41, 5.74) is 0.666. The molecule has 0 aromatic heterocycles. The lowest BCUT2D eigenvalue weighted by atomic mass is 10.2. The van der Waals surface area contributed by atoms with Crippen LogP contribution in [0.2, 0.25) is 5.02 Å². The fraction of sp³-hybridized carbons (Fsp3) is 0.364. The Balaban J connectivity index is 2.80. The van der Waals surface area contributed by atoms with Crippen molar-refractivity contribution in [1.82, 2.24) is 0 Å². The van der Waals surface area contributed by atoms with Gasteiger partial charge in [-0.2, -0.15) is 0 Å². The number of rotatable bonds is 3. The number of nitrogens with zero attached hydrogens (tertiary/aromatic N) is 1. The zero-order valence-electron chi connectivity index (χ0n) is 8.68. The van der Waals surface area contributed by atoms with Crippen LogP contribution in [0.4, 0.5) is 0 Å². The lowest BCUT2D eigenvalue weighted by Gasteiger charge is -2.08. The van der Waals surface area contributed by atoms with E-state index in [0.29, 0.717) is 10.6 Å². The molecule has 2 N–H and O–H groups in total. The summed E-state index contributed by atoms with van der Waals surface area (Å²) >= 11 is 5.74. The Hall–Kier alpha value is -1.06. The van der Waals surface area contributed by atoms with Crippen LogP contribution in [0.5, 0.6) is 5.75 Å². The maximum atomic E-state index is 9.43. The number of aliphatic hydroxyl groups excluding tert-OH is 1. The summed E-state index contributed by atoms with van der Waals surface area (Å²) in [6, 6.07) is 4.64. The van der Waals surface area contributed by atoms with Gasteiger partial charge in [0.25, 0.3) is 0 Å². The summed E-state index contributed by atoms with van der Waals surface area (Å²) in [7, 11) is 0. The maximum Gasteiger partial charge on any atom is 0.147 e. The Bertz CT molecular complexity index is 343. The third-order valence-corrected chi connectivity index (χ3v) is 2.10. The van der Waals surface area contributed by atoms with Crippen LogP contribution in [0.25, 0.3) is 0 Å². The van der Waals surface area contributed by atoms with Crippen molar-refractivity contribution in [3.8, 4) is 5.75 Å². The molecule has 82 valence electrons. The van der Waals surface area contributed by atoms with E-state index in [0.717, 1.165) is 0 Å². The zero-order valence-corrected chi connectivity index (χ0v) is 9.44. The third-order valence-electron chi connectivity index (χ3n) is 1.88. The summed E-state index contributed by atoms with van der Waals surface area (Å²) in [5.74, 6) is 0.150. The van der Waals surface area contributed by atoms with Crippen LogP contribution in [0, 0.1) is 5.92 Å². The molecule has 1 aromatic carbocycles. The molecule has 15 heavy (non-hydrogen) atoms. The van der Waals surface area contributed by atoms with E-state index in [4.69, 9.17) is 11.6 Å². The number of aliphatic hydroxyl groups is 1. The fourth-order valence-electron chi connectivity index (χ4n) is 1.01. The predicted molar refractivity (Wildman–Crippen MR) is 61.6 cm³/mol. The Labute approximate surface area is 94.0 Å². The van der Waals surface area contributed by atoms with Crippen LogP contribution in [-0.2, 0) is 0 Å². The lowest BCUT2D eigenvalue weighted by molar-refractivity contribution is 0.135. The average Bonchev–Trinajstić information content (AvgIpc) is 2.12. The van der Waals surface area contributed by atoms with Gasteiger partial charge in [-0.1, -0.05) is 25.4 Å². The van der Waals surface area contributed by atoms with Gasteiger partial charge in [0, 0.05) is 11.2 Å². The molecule has 0 aliphatic rings. The van der Waals surface area contributed by atoms with E-state index < -0.39 is 6.23 Å². The first-order valence-electron chi connectivity index (χ1n) is 4.70. The number of hydrogen-bond acceptors (Lipinski definition) is 3. The quantitative estimate of drug-likeness (QED) is 0.780. The van der Waals surface area contributed by atoms with Gasteiger partial charge in [-0.3, -0.25) is 4.99 Å². The van der Waals surface area contributed by atoms with Crippen molar-refractivity contribution >= 4 is 17.8 Å². The van der Waals surface area contributed by atoms with E-state index >= 15 is 0 Å². The molecule has 1 aromatic rings. The van der Waals surface area contributed by atoms with E-state index in [1.807, 2.05) is 13.8 Å². The molecular formula is C11H14ClNO2. The number of aromatic hydroxyl groups is 1. The summed E-state index contributed by atoms with van der Waals surface area (Å²) in [5, 5.41) is 19.1. The highest BCUT2D eigenvalue weighted by Crippen LogP contribution is 2.18. The molecule has 0 saturated carbocycles. The van der Waals surface area contributed by atoms with Gasteiger partial charge < -0.3 is 10.2 Å². The zero-order chi connectivity index (χ0) is 11.4. The van der Waals surface area contributed by atoms with Crippen molar-refractivity contribution in [2.75, 3.05) is 0 Å². The number of hydrogen-bond donors (Lipinski definition) is 2. The first-order chi connectivity index (χ1) is 6.99. The maximum absolute atomic E-state index is 9.43. The average molecular weight is 228 g/mol. The molecule has 0 heterocycles. The van der Waals surface area contributed by atoms with Gasteiger partial charge >= 0.3 is 0 Å². The third kappa shape index (κ3) is 3.90. The van der Waals surface area contributed by atoms with Gasteiger partial charge in [0.15, 0.2) is 0 Å². The highest BCUT2D eigenvalue weighted by atomic mass is 35.5. The van der Waals surface area contributed by atoms with Gasteiger partial charge in [0.2, 0.25) is 0 Å². The van der Waals surface area contributed by atoms with Gasteiger partial charge in [0.1, 0.15) is 12.0 Å². The second kappa shape index (κ2) is 5.14. The van der Waals surface area contributed by atoms with E-state index in [2.05, 4.69) is 4.99 Å². The molecule has 0 saturated heterocycles. The SMILES string of the molecule is CC(C)C(O)/N=C/c1cc(O)cc(Cl)c1. The molecule has 4 heteroatoms. The van der Waals surface area contributed by atoms with E-state index in [-0.39, 0.29) is 11.7 Å². The van der Waals surface area contributed by atoms with Crippen molar-refractivity contribution in [3.05, 3.63) is 28.8 Å². The molecular weight excluding hydrogens is 214 g/mol. The van der Waals surface area contributed by atoms with Crippen LogP contribution in [0.1, 0.15) is 19.4 Å². The predicted octanol–water partition coefficient (Wildman–Crippen LogP) is 2.44. The molecule has 0 aliphatic carbocycles. The normalized spacial score (nSPS) is 13.7. The first-order valence-corrected chi connectivity index (χ1v) is 5.07. The van der Waals surface area contributed by atoms with Gasteiger partial charge in [0.05, 0.1) is 0 Å². The number of benzene rings is 1. The highest BCUT2D eigenvalue weighted by molar-refractivity contribution is 6.31. The molecule has 1 unspecified atom stereocenters. The fourth-order valence-corrected chi connectivity index (χ4v) is 1.24. The van der Waals surface area contributed by atoms with Crippen LogP contribution >= 0.6 is 11.6 Å². The lowest BCUT2D eigenvalue weighted by Crippen LogP contribution is -2.11. The Morgan fingerprint density at radius 3 is 2.53 bits per heavy atom. The second-order valence-electron chi connectivity index (χ2n) is 3.68. The van der Waals surface area contributed by atoms with Crippen LogP contribution < -0.4 is 0 Å². The minimum absolute atomic E-state index is 0.0639. The highest BCUT2D eigenvalue weighted by Gasteiger charge is 2.05. The Morgan fingerprint density at radius 2 is 2.00 bits per heavy atom. The standard InChI is InChI=1S/C11H14ClNO2/c1-7(2)11(15)13-6-8-3-9(12)5-10(14)4-8/h3-7,11,14-15H,1-2H3/b13-6+. The van der Waals surface area contributed by atoms with Crippen LogP contribution in [0.3, 0.4) is 0 Å². The summed E-state index contributed by atoms with van der Waals surface area (Å²) in [4.78, 5) is 3.94. The topological polar surface area (TPSA) is 52.8 Å². The Kier molecular flexibility index (Phi) is 4.12. The molecule has 1 atom stereocenters. The second-order valence-corrected chi connectivity index (χ2v) is 4.11. The van der Waals surface area contributed by atoms with Gasteiger partial charge in [-0.15, -0.1) is 0 Å². The number of halogens is 1. The molecule has 0 bridgehead atoms. The first kappa shape index (κ1) is 12.0. The van der Waals surface area contributed by atoms with Crippen molar-refractivity contribution in [3.63, 3.8) is 0 Å². The van der Waals surface area contributed by atoms with Crippen molar-refractivity contribution in [2.24, 2.45) is 10.9 Å². The summed E-state index contributed by atoms with van der Waals surface area (Å²) in [6.45, 7) is 3.74. The minimum atomic E-state index is -0.730. The van der Waals surface area contributed by atoms with Crippen LogP contribution in [-0.4, -0.2) is 22.7 Å². The molecule has 0 aliphatic heterocycles. The number of phenolic OH excluding ortho intramolecular Hbond substituents is 1. The van der Waals surface area contributed by atoms with Gasteiger partial charge in [-0.25, -0.2) is 0 Å². The molecule has 0 spiro atoms. The van der Waals surface area contributed by atoms with E-state index in [1.165, 1.54) is 18.3 Å². The van der Waals surface area contributed by atoms with Crippen molar-refractivity contribution < 1.29 is 10.2 Å². The molecule has 3 nitrogen and oxygen atoms in total.